The van der Waals surface area contributed by atoms with Crippen LogP contribution in [0, 0.1) is 5.82 Å². The van der Waals surface area contributed by atoms with Crippen molar-refractivity contribution in [2.75, 3.05) is 5.32 Å². The molecular formula is C9H12FN3O3S. The number of rotatable bonds is 4. The number of amides is 1. The van der Waals surface area contributed by atoms with Gasteiger partial charge in [0, 0.05) is 0 Å². The van der Waals surface area contributed by atoms with Crippen molar-refractivity contribution in [1.82, 2.24) is 0 Å². The second kappa shape index (κ2) is 4.68. The van der Waals surface area contributed by atoms with Crippen molar-refractivity contribution in [2.45, 2.75) is 17.9 Å². The van der Waals surface area contributed by atoms with E-state index >= 15 is 0 Å². The fourth-order valence-electron chi connectivity index (χ4n) is 1.09. The van der Waals surface area contributed by atoms with Crippen LogP contribution in [0.3, 0.4) is 0 Å². The third kappa shape index (κ3) is 3.40. The van der Waals surface area contributed by atoms with Gasteiger partial charge in [0.2, 0.25) is 15.9 Å². The molecule has 1 aromatic carbocycles. The molecule has 0 spiro atoms. The molecule has 1 aromatic rings. The van der Waals surface area contributed by atoms with Crippen LogP contribution in [0.4, 0.5) is 10.1 Å². The van der Waals surface area contributed by atoms with Gasteiger partial charge in [-0.05, 0) is 25.1 Å². The predicted molar refractivity (Wildman–Crippen MR) is 60.1 cm³/mol. The number of anilines is 1. The Labute approximate surface area is 97.8 Å². The van der Waals surface area contributed by atoms with Crippen LogP contribution >= 0.6 is 0 Å². The molecule has 0 radical (unpaired) electrons. The van der Waals surface area contributed by atoms with Gasteiger partial charge in [0.25, 0.3) is 0 Å². The van der Waals surface area contributed by atoms with Crippen LogP contribution in [0.15, 0.2) is 23.1 Å². The van der Waals surface area contributed by atoms with Gasteiger partial charge in [-0.1, -0.05) is 0 Å². The summed E-state index contributed by atoms with van der Waals surface area (Å²) in [4.78, 5) is 10.4. The van der Waals surface area contributed by atoms with Crippen molar-refractivity contribution < 1.29 is 17.6 Å². The number of halogens is 1. The van der Waals surface area contributed by atoms with Gasteiger partial charge < -0.3 is 11.1 Å². The van der Waals surface area contributed by atoms with Gasteiger partial charge in [-0.2, -0.15) is 0 Å². The lowest BCUT2D eigenvalue weighted by Crippen LogP contribution is -2.32. The molecule has 0 fully saturated rings. The molecule has 0 aliphatic heterocycles. The Balaban J connectivity index is 3.03. The van der Waals surface area contributed by atoms with E-state index in [1.807, 2.05) is 0 Å². The maximum atomic E-state index is 13.5. The van der Waals surface area contributed by atoms with E-state index in [0.29, 0.717) is 0 Å². The molecule has 0 aliphatic rings. The highest BCUT2D eigenvalue weighted by Crippen LogP contribution is 2.18. The van der Waals surface area contributed by atoms with E-state index in [9.17, 15) is 17.6 Å². The molecule has 8 heteroatoms. The maximum Gasteiger partial charge on any atom is 0.239 e. The molecule has 0 saturated heterocycles. The molecule has 1 unspecified atom stereocenters. The molecule has 0 aromatic heterocycles. The maximum absolute atomic E-state index is 13.5. The van der Waals surface area contributed by atoms with E-state index in [1.54, 1.807) is 0 Å². The largest absolute Gasteiger partial charge is 0.372 e. The third-order valence-corrected chi connectivity index (χ3v) is 2.98. The summed E-state index contributed by atoms with van der Waals surface area (Å²) in [5.41, 5.74) is 4.97. The predicted octanol–water partition coefficient (Wildman–Crippen LogP) is -0.241. The lowest BCUT2D eigenvalue weighted by atomic mass is 10.2. The van der Waals surface area contributed by atoms with E-state index in [-0.39, 0.29) is 10.6 Å². The molecule has 1 amide bonds. The second-order valence-electron chi connectivity index (χ2n) is 3.46. The van der Waals surface area contributed by atoms with Gasteiger partial charge in [0.15, 0.2) is 0 Å². The Bertz CT molecular complexity index is 544. The minimum atomic E-state index is -3.95. The second-order valence-corrected chi connectivity index (χ2v) is 5.02. The smallest absolute Gasteiger partial charge is 0.239 e. The van der Waals surface area contributed by atoms with Gasteiger partial charge in [0.05, 0.1) is 10.6 Å². The summed E-state index contributed by atoms with van der Waals surface area (Å²) in [6.45, 7) is 1.45. The number of nitrogens with two attached hydrogens (primary N) is 2. The number of hydrogen-bond acceptors (Lipinski definition) is 4. The summed E-state index contributed by atoms with van der Waals surface area (Å²) in [7, 11) is -3.95. The highest BCUT2D eigenvalue weighted by molar-refractivity contribution is 7.89. The minimum absolute atomic E-state index is 0.0244. The summed E-state index contributed by atoms with van der Waals surface area (Å²) in [5.74, 6) is -1.48. The SMILES string of the molecule is CC(Nc1ccc(S(N)(=O)=O)cc1F)C(N)=O. The highest BCUT2D eigenvalue weighted by atomic mass is 32.2. The molecule has 1 rings (SSSR count). The quantitative estimate of drug-likeness (QED) is 0.693. The number of benzene rings is 1. The van der Waals surface area contributed by atoms with Crippen molar-refractivity contribution >= 4 is 21.6 Å². The van der Waals surface area contributed by atoms with E-state index in [2.05, 4.69) is 5.32 Å². The van der Waals surface area contributed by atoms with E-state index in [0.717, 1.165) is 12.1 Å². The van der Waals surface area contributed by atoms with Crippen LogP contribution < -0.4 is 16.2 Å². The minimum Gasteiger partial charge on any atom is -0.372 e. The monoisotopic (exact) mass is 261 g/mol. The van der Waals surface area contributed by atoms with Crippen LogP contribution in [0.1, 0.15) is 6.92 Å². The third-order valence-electron chi connectivity index (χ3n) is 2.07. The van der Waals surface area contributed by atoms with Gasteiger partial charge in [-0.15, -0.1) is 0 Å². The van der Waals surface area contributed by atoms with Crippen LogP contribution in [0.2, 0.25) is 0 Å². The highest BCUT2D eigenvalue weighted by Gasteiger charge is 2.14. The number of nitrogens with one attached hydrogen (secondary N) is 1. The summed E-state index contributed by atoms with van der Waals surface area (Å²) in [5, 5.41) is 7.34. The number of primary amides is 1. The topological polar surface area (TPSA) is 115 Å². The molecule has 1 atom stereocenters. The first-order valence-corrected chi connectivity index (χ1v) is 6.14. The molecule has 0 bridgehead atoms. The Morgan fingerprint density at radius 2 is 2.06 bits per heavy atom. The summed E-state index contributed by atoms with van der Waals surface area (Å²) in [6, 6.07) is 2.30. The molecule has 94 valence electrons. The first-order chi connectivity index (χ1) is 7.71. The summed E-state index contributed by atoms with van der Waals surface area (Å²) in [6.07, 6.45) is 0. The van der Waals surface area contributed by atoms with Crippen molar-refractivity contribution in [2.24, 2.45) is 10.9 Å². The lowest BCUT2D eigenvalue weighted by molar-refractivity contribution is -0.118. The lowest BCUT2D eigenvalue weighted by Gasteiger charge is -2.12. The summed E-state index contributed by atoms with van der Waals surface area (Å²) >= 11 is 0. The number of carbonyl (C=O) groups is 1. The zero-order chi connectivity index (χ0) is 13.2. The normalized spacial score (nSPS) is 13.1. The van der Waals surface area contributed by atoms with E-state index < -0.39 is 27.8 Å². The van der Waals surface area contributed by atoms with Crippen molar-refractivity contribution in [3.05, 3.63) is 24.0 Å². The first-order valence-electron chi connectivity index (χ1n) is 4.60. The number of carbonyl (C=O) groups excluding carboxylic acids is 1. The van der Waals surface area contributed by atoms with Crippen LogP contribution in [-0.4, -0.2) is 20.4 Å². The van der Waals surface area contributed by atoms with Crippen molar-refractivity contribution in [3.63, 3.8) is 0 Å². The van der Waals surface area contributed by atoms with E-state index in [1.165, 1.54) is 13.0 Å². The Morgan fingerprint density at radius 1 is 1.47 bits per heavy atom. The molecular weight excluding hydrogens is 249 g/mol. The molecule has 17 heavy (non-hydrogen) atoms. The zero-order valence-corrected chi connectivity index (χ0v) is 9.79. The van der Waals surface area contributed by atoms with Gasteiger partial charge in [0.1, 0.15) is 11.9 Å². The van der Waals surface area contributed by atoms with Crippen molar-refractivity contribution in [1.29, 1.82) is 0 Å². The fourth-order valence-corrected chi connectivity index (χ4v) is 1.62. The van der Waals surface area contributed by atoms with Gasteiger partial charge in [-0.3, -0.25) is 4.79 Å². The Morgan fingerprint density at radius 3 is 2.47 bits per heavy atom. The van der Waals surface area contributed by atoms with Gasteiger partial charge >= 0.3 is 0 Å². The van der Waals surface area contributed by atoms with Crippen molar-refractivity contribution in [3.8, 4) is 0 Å². The average Bonchev–Trinajstić information content (AvgIpc) is 2.19. The number of sulfonamides is 1. The number of primary sulfonamides is 1. The van der Waals surface area contributed by atoms with Crippen LogP contribution in [-0.2, 0) is 14.8 Å². The first kappa shape index (κ1) is 13.4. The fraction of sp³-hybridized carbons (Fsp3) is 0.222. The standard InChI is InChI=1S/C9H12FN3O3S/c1-5(9(11)14)13-8-3-2-6(4-7(8)10)17(12,15)16/h2-5,13H,1H3,(H2,11,14)(H2,12,15,16). The van der Waals surface area contributed by atoms with Crippen LogP contribution in [0.5, 0.6) is 0 Å². The molecule has 0 saturated carbocycles. The summed E-state index contributed by atoms with van der Waals surface area (Å²) < 4.78 is 35.4. The van der Waals surface area contributed by atoms with E-state index in [4.69, 9.17) is 10.9 Å². The molecule has 0 heterocycles. The average molecular weight is 261 g/mol. The molecule has 5 N–H and O–H groups in total. The van der Waals surface area contributed by atoms with Crippen LogP contribution in [0.25, 0.3) is 0 Å². The molecule has 6 nitrogen and oxygen atoms in total. The number of hydrogen-bond donors (Lipinski definition) is 3. The molecule has 0 aliphatic carbocycles. The zero-order valence-electron chi connectivity index (χ0n) is 8.98. The Hall–Kier alpha value is -1.67. The Kier molecular flexibility index (Phi) is 3.69. The van der Waals surface area contributed by atoms with Gasteiger partial charge in [-0.25, -0.2) is 17.9 Å².